The number of hydrogen-bond acceptors (Lipinski definition) is 2. The summed E-state index contributed by atoms with van der Waals surface area (Å²) in [6, 6.07) is 3.74. The molecule has 0 heterocycles. The number of likely N-dealkylation sites (N-methyl/N-ethyl adjacent to an activating group) is 1. The first-order valence-corrected chi connectivity index (χ1v) is 8.56. The van der Waals surface area contributed by atoms with Crippen LogP contribution in [0.5, 0.6) is 0 Å². The molecule has 2 rings (SSSR count). The molecule has 8 heteroatoms. The standard InChI is InChI=1S/C18H26F2N4O.HI/c1-4-9-21-17(22-11-16(25)24(2)3)23-12-18(7-8-18)14-6-5-13(19)10-15(14)20;/h5-6,10H,4,7-9,11-12H2,1-3H3,(H2,21,22,23);1H. The number of guanidine groups is 1. The Labute approximate surface area is 170 Å². The lowest BCUT2D eigenvalue weighted by Gasteiger charge is -2.20. The van der Waals surface area contributed by atoms with Crippen molar-refractivity contribution in [3.8, 4) is 0 Å². The summed E-state index contributed by atoms with van der Waals surface area (Å²) in [5.41, 5.74) is 0.193. The number of carbonyl (C=O) groups excluding carboxylic acids is 1. The van der Waals surface area contributed by atoms with Gasteiger partial charge in [-0.25, -0.2) is 13.8 Å². The van der Waals surface area contributed by atoms with Gasteiger partial charge in [-0.15, -0.1) is 24.0 Å². The number of rotatable bonds is 7. The van der Waals surface area contributed by atoms with Gasteiger partial charge in [0, 0.05) is 38.7 Å². The first-order chi connectivity index (χ1) is 11.9. The third kappa shape index (κ3) is 6.07. The Morgan fingerprint density at radius 3 is 2.50 bits per heavy atom. The number of benzene rings is 1. The van der Waals surface area contributed by atoms with Crippen molar-refractivity contribution in [2.45, 2.75) is 31.6 Å². The molecule has 0 saturated heterocycles. The monoisotopic (exact) mass is 480 g/mol. The van der Waals surface area contributed by atoms with Crippen LogP contribution >= 0.6 is 24.0 Å². The highest BCUT2D eigenvalue weighted by molar-refractivity contribution is 14.0. The summed E-state index contributed by atoms with van der Waals surface area (Å²) in [6.45, 7) is 3.29. The molecule has 2 N–H and O–H groups in total. The van der Waals surface area contributed by atoms with Crippen LogP contribution in [0, 0.1) is 11.6 Å². The molecule has 146 valence electrons. The minimum absolute atomic E-state index is 0. The molecule has 1 aromatic rings. The average Bonchev–Trinajstić information content (AvgIpc) is 3.34. The molecule has 26 heavy (non-hydrogen) atoms. The topological polar surface area (TPSA) is 56.7 Å². The zero-order valence-corrected chi connectivity index (χ0v) is 17.8. The van der Waals surface area contributed by atoms with Crippen LogP contribution in [-0.4, -0.2) is 50.5 Å². The molecule has 1 aromatic carbocycles. The van der Waals surface area contributed by atoms with Crippen LogP contribution < -0.4 is 10.6 Å². The van der Waals surface area contributed by atoms with Gasteiger partial charge in [-0.3, -0.25) is 4.79 Å². The van der Waals surface area contributed by atoms with Crippen molar-refractivity contribution in [3.63, 3.8) is 0 Å². The largest absolute Gasteiger partial charge is 0.356 e. The quantitative estimate of drug-likeness (QED) is 0.359. The Morgan fingerprint density at radius 2 is 1.96 bits per heavy atom. The second-order valence-electron chi connectivity index (χ2n) is 6.64. The summed E-state index contributed by atoms with van der Waals surface area (Å²) >= 11 is 0. The van der Waals surface area contributed by atoms with Gasteiger partial charge < -0.3 is 15.5 Å². The van der Waals surface area contributed by atoms with Crippen LogP contribution in [0.2, 0.25) is 0 Å². The maximum absolute atomic E-state index is 14.1. The molecule has 5 nitrogen and oxygen atoms in total. The number of hydrogen-bond donors (Lipinski definition) is 2. The van der Waals surface area contributed by atoms with Crippen LogP contribution in [0.25, 0.3) is 0 Å². The van der Waals surface area contributed by atoms with Gasteiger partial charge in [0.1, 0.15) is 18.2 Å². The van der Waals surface area contributed by atoms with E-state index in [1.165, 1.54) is 17.0 Å². The fraction of sp³-hybridized carbons (Fsp3) is 0.556. The molecule has 0 aliphatic heterocycles. The van der Waals surface area contributed by atoms with Crippen LogP contribution in [0.3, 0.4) is 0 Å². The molecule has 1 aliphatic carbocycles. The Bertz CT molecular complexity index is 648. The smallest absolute Gasteiger partial charge is 0.243 e. The Kier molecular flexibility index (Phi) is 8.72. The lowest BCUT2D eigenvalue weighted by Crippen LogP contribution is -2.42. The predicted octanol–water partition coefficient (Wildman–Crippen LogP) is 2.65. The van der Waals surface area contributed by atoms with E-state index in [1.54, 1.807) is 14.1 Å². The molecule has 0 aromatic heterocycles. The van der Waals surface area contributed by atoms with E-state index >= 15 is 0 Å². The molecule has 1 aliphatic rings. The average molecular weight is 480 g/mol. The molecule has 0 spiro atoms. The van der Waals surface area contributed by atoms with E-state index in [1.807, 2.05) is 6.92 Å². The third-order valence-electron chi connectivity index (χ3n) is 4.36. The molecule has 1 saturated carbocycles. The van der Waals surface area contributed by atoms with E-state index in [2.05, 4.69) is 15.6 Å². The van der Waals surface area contributed by atoms with E-state index in [9.17, 15) is 13.6 Å². The van der Waals surface area contributed by atoms with Crippen molar-refractivity contribution >= 4 is 35.8 Å². The van der Waals surface area contributed by atoms with Crippen molar-refractivity contribution in [1.82, 2.24) is 15.5 Å². The molecule has 0 bridgehead atoms. The SMILES string of the molecule is CCCNC(=NCC(=O)N(C)C)NCC1(c2ccc(F)cc2F)CC1.I. The van der Waals surface area contributed by atoms with E-state index in [0.717, 1.165) is 31.9 Å². The van der Waals surface area contributed by atoms with Crippen LogP contribution in [0.4, 0.5) is 8.78 Å². The molecule has 0 unspecified atom stereocenters. The van der Waals surface area contributed by atoms with E-state index in [0.29, 0.717) is 18.1 Å². The molecular formula is C18H27F2IN4O. The molecule has 0 atom stereocenters. The van der Waals surface area contributed by atoms with Gasteiger partial charge >= 0.3 is 0 Å². The fourth-order valence-electron chi connectivity index (χ4n) is 2.57. The van der Waals surface area contributed by atoms with Crippen LogP contribution in [0.1, 0.15) is 31.7 Å². The number of amides is 1. The number of nitrogens with zero attached hydrogens (tertiary/aromatic N) is 2. The lowest BCUT2D eigenvalue weighted by molar-refractivity contribution is -0.127. The first kappa shape index (κ1) is 22.6. The van der Waals surface area contributed by atoms with E-state index < -0.39 is 11.6 Å². The molecular weight excluding hydrogens is 453 g/mol. The second-order valence-corrected chi connectivity index (χ2v) is 6.64. The van der Waals surface area contributed by atoms with Gasteiger partial charge in [0.15, 0.2) is 5.96 Å². The summed E-state index contributed by atoms with van der Waals surface area (Å²) in [7, 11) is 3.36. The highest BCUT2D eigenvalue weighted by Gasteiger charge is 2.46. The predicted molar refractivity (Wildman–Crippen MR) is 110 cm³/mol. The van der Waals surface area contributed by atoms with Gasteiger partial charge in [0.2, 0.25) is 5.91 Å². The normalized spacial score (nSPS) is 15.0. The molecule has 0 radical (unpaired) electrons. The maximum Gasteiger partial charge on any atom is 0.243 e. The highest BCUT2D eigenvalue weighted by atomic mass is 127. The summed E-state index contributed by atoms with van der Waals surface area (Å²) < 4.78 is 27.2. The van der Waals surface area contributed by atoms with Crippen LogP contribution in [0.15, 0.2) is 23.2 Å². The van der Waals surface area contributed by atoms with Gasteiger partial charge in [-0.1, -0.05) is 13.0 Å². The van der Waals surface area contributed by atoms with Gasteiger partial charge in [0.05, 0.1) is 0 Å². The summed E-state index contributed by atoms with van der Waals surface area (Å²) in [6.07, 6.45) is 2.58. The first-order valence-electron chi connectivity index (χ1n) is 8.56. The summed E-state index contributed by atoms with van der Waals surface area (Å²) in [5, 5.41) is 6.35. The molecule has 1 fully saturated rings. The minimum atomic E-state index is -0.570. The zero-order valence-electron chi connectivity index (χ0n) is 15.4. The van der Waals surface area contributed by atoms with Gasteiger partial charge in [0.25, 0.3) is 0 Å². The lowest BCUT2D eigenvalue weighted by atomic mass is 9.95. The van der Waals surface area contributed by atoms with Crippen molar-refractivity contribution in [2.24, 2.45) is 4.99 Å². The number of aliphatic imine (C=N–C) groups is 1. The Morgan fingerprint density at radius 1 is 1.27 bits per heavy atom. The van der Waals surface area contributed by atoms with Gasteiger partial charge in [-0.2, -0.15) is 0 Å². The molecule has 1 amide bonds. The number of carbonyl (C=O) groups is 1. The van der Waals surface area contributed by atoms with Gasteiger partial charge in [-0.05, 0) is 30.9 Å². The fourth-order valence-corrected chi connectivity index (χ4v) is 2.57. The second kappa shape index (κ2) is 10.0. The summed E-state index contributed by atoms with van der Waals surface area (Å²) in [5.74, 6) is -0.643. The van der Waals surface area contributed by atoms with Crippen molar-refractivity contribution in [3.05, 3.63) is 35.4 Å². The van der Waals surface area contributed by atoms with E-state index in [4.69, 9.17) is 0 Å². The zero-order chi connectivity index (χ0) is 18.4. The van der Waals surface area contributed by atoms with Crippen LogP contribution in [-0.2, 0) is 10.2 Å². The van der Waals surface area contributed by atoms with Crippen molar-refractivity contribution < 1.29 is 13.6 Å². The third-order valence-corrected chi connectivity index (χ3v) is 4.36. The van der Waals surface area contributed by atoms with Crippen molar-refractivity contribution in [2.75, 3.05) is 33.7 Å². The number of halogens is 3. The Hall–Kier alpha value is -1.45. The van der Waals surface area contributed by atoms with E-state index in [-0.39, 0.29) is 41.8 Å². The minimum Gasteiger partial charge on any atom is -0.356 e. The Balaban J connectivity index is 0.00000338. The number of nitrogens with one attached hydrogen (secondary N) is 2. The summed E-state index contributed by atoms with van der Waals surface area (Å²) in [4.78, 5) is 17.5. The highest BCUT2D eigenvalue weighted by Crippen LogP contribution is 2.48. The maximum atomic E-state index is 14.1. The van der Waals surface area contributed by atoms with Crippen molar-refractivity contribution in [1.29, 1.82) is 0 Å².